The maximum absolute atomic E-state index is 12.4. The number of H-pyrrole nitrogens is 5. The van der Waals surface area contributed by atoms with Gasteiger partial charge >= 0.3 is 22.8 Å². The highest BCUT2D eigenvalue weighted by Crippen LogP contribution is 2.45. The van der Waals surface area contributed by atoms with Gasteiger partial charge in [0.25, 0.3) is 27.8 Å². The number of ether oxygens (including phenoxy) is 6. The van der Waals surface area contributed by atoms with E-state index in [4.69, 9.17) is 40.6 Å². The van der Waals surface area contributed by atoms with Crippen molar-refractivity contribution < 1.29 is 84.0 Å². The first-order valence-electron chi connectivity index (χ1n) is 44.5. The van der Waals surface area contributed by atoms with E-state index >= 15 is 0 Å². The zero-order chi connectivity index (χ0) is 102. The number of carbonyl (C=O) groups is 2. The lowest BCUT2D eigenvalue weighted by atomic mass is 10.1. The molecule has 10 unspecified atom stereocenters. The number of aliphatic hydroxyl groups is 9. The highest BCUT2D eigenvalue weighted by molar-refractivity contribution is 7.73. The molecule has 17 N–H and O–H groups in total. The van der Waals surface area contributed by atoms with E-state index in [1.165, 1.54) is 66.0 Å². The number of Topliss-reactive ketones (excluding diaryl/α,β-unsaturated/α-hetero) is 2. The predicted octanol–water partition coefficient (Wildman–Crippen LogP) is 1.73. The summed E-state index contributed by atoms with van der Waals surface area (Å²) in [6.07, 6.45) is 21.5. The number of rotatable bonds is 37. The van der Waals surface area contributed by atoms with Crippen molar-refractivity contribution in [3.8, 4) is 0 Å². The lowest BCUT2D eigenvalue weighted by Gasteiger charge is -2.21. The minimum atomic E-state index is -1.32. The Labute approximate surface area is 792 Å². The summed E-state index contributed by atoms with van der Waals surface area (Å²) < 4.78 is 40.8. The van der Waals surface area contributed by atoms with E-state index in [0.29, 0.717) is 81.5 Å². The average Bonchev–Trinajstić information content (AvgIpc) is 1.69. The van der Waals surface area contributed by atoms with Crippen LogP contribution in [0.3, 0.4) is 0 Å². The highest BCUT2D eigenvalue weighted by Gasteiger charge is 2.49. The maximum Gasteiger partial charge on any atom is 0.330 e. The molecule has 0 spiro atoms. The predicted molar refractivity (Wildman–Crippen MR) is 545 cm³/mol. The molecule has 39 nitrogen and oxygen atoms in total. The Morgan fingerprint density at radius 2 is 0.570 bits per heavy atom. The second-order valence-corrected chi connectivity index (χ2v) is 61.3. The number of hydrogen-bond donors (Lipinski definition) is 17. The van der Waals surface area contributed by atoms with Crippen molar-refractivity contribution in [2.45, 2.75) is 243 Å². The number of aromatic nitrogens is 10. The second-order valence-electron chi connectivity index (χ2n) is 39.3. The minimum absolute atomic E-state index is 0.102. The summed E-state index contributed by atoms with van der Waals surface area (Å²) in [6, 6.07) is 0. The molecule has 760 valence electrons. The molecule has 0 bridgehead atoms. The van der Waals surface area contributed by atoms with Gasteiger partial charge in [-0.25, -0.2) is 19.2 Å². The second kappa shape index (κ2) is 51.5. The Morgan fingerprint density at radius 3 is 0.815 bits per heavy atom. The third kappa shape index (κ3) is 36.3. The molecule has 0 aromatic carbocycles. The Kier molecular flexibility index (Phi) is 44.6. The molecule has 10 heterocycles. The van der Waals surface area contributed by atoms with Gasteiger partial charge in [0.2, 0.25) is 0 Å². The van der Waals surface area contributed by atoms with E-state index in [0.717, 1.165) is 50.1 Å². The third-order valence-corrected chi connectivity index (χ3v) is 30.1. The maximum atomic E-state index is 12.4. The first kappa shape index (κ1) is 117. The first-order chi connectivity index (χ1) is 62.5. The van der Waals surface area contributed by atoms with Crippen molar-refractivity contribution >= 4 is 89.7 Å². The topological polar surface area (TPSA) is 565 Å². The zero-order valence-electron chi connectivity index (χ0n) is 81.3. The average molecular weight is 2020 g/mol. The lowest BCUT2D eigenvalue weighted by molar-refractivity contribution is -0.117. The van der Waals surface area contributed by atoms with Crippen LogP contribution in [0.4, 0.5) is 0 Å². The van der Waals surface area contributed by atoms with Gasteiger partial charge in [0, 0.05) is 118 Å². The van der Waals surface area contributed by atoms with Crippen molar-refractivity contribution in [1.29, 1.82) is 0 Å². The number of allylic oxidation sites excluding steroid dienone is 3. The number of nitrogens with one attached hydrogen (secondary N) is 8. The van der Waals surface area contributed by atoms with Gasteiger partial charge in [-0.3, -0.25) is 81.3 Å². The fourth-order valence-electron chi connectivity index (χ4n) is 14.8. The van der Waals surface area contributed by atoms with Gasteiger partial charge in [-0.05, 0) is 197 Å². The summed E-state index contributed by atoms with van der Waals surface area (Å²) >= 11 is 5.26. The molecule has 5 aromatic heterocycles. The van der Waals surface area contributed by atoms with Gasteiger partial charge in [-0.15, -0.1) is 65.9 Å². The number of aromatic amines is 5. The molecule has 20 atom stereocenters. The molecule has 5 aromatic rings. The van der Waals surface area contributed by atoms with Gasteiger partial charge in [-0.1, -0.05) is 34.9 Å². The summed E-state index contributed by atoms with van der Waals surface area (Å²) in [5.74, 6) is -0.466. The summed E-state index contributed by atoms with van der Waals surface area (Å²) in [7, 11) is 1.48. The molecular weight excluding hydrogens is 1870 g/mol. The number of ketones is 2. The molecule has 45 heteroatoms. The molecule has 5 fully saturated rings. The standard InChI is InChI=1S/C20H34N3O5P.C19H32N3O5P.C19H32N3O4PS.2C16H25N2O6P/c1-13(2)7-9-21-11-14-12-23(20(26)22-18(14)25)19-17(27-3)16(24)15(28-19)8-10-29(4,5)6;1-12(2)6-8-20-10-13-11-22(19(26)21-17(13)25)18-16(24)15(23)14(27-18)7-9-28(3,4)5;1-12(2)6-8-20-10-13-11-22(19(28)21-17(13)25)18-16(24)15(23)14(26-18)7-9-27(3,4)5;2*1-9(19)7-10-8-18(16(23)17-14(10)22)15-13(21)12(20)11(24-15)5-6-25(2,3)4/h7,12,15-17,19,21,24H,4,8-11H2,1-3,5-6H3,(H,22,25,26);6,11,14-16,18,20,23-24H,3,7-10H2,1-2,4-5H3,(H,21,25,26);6,11,14-16,18,20,23-24H,3,7-10H2,1-2,4-5H3,(H,21,25,28);2*8,11-13,15,20-21H,2,5-7H2,1,3-4H3,(H,17,22,23)/t15?,16-,17-,19?;2*14?,15-,16-,18?;2*11?,12-,13-,15?/m11111/s1. The number of carbonyl (C=O) groups excluding carboxylic acids is 2. The summed E-state index contributed by atoms with van der Waals surface area (Å²) in [5, 5.41) is 103. The van der Waals surface area contributed by atoms with Crippen LogP contribution in [0.25, 0.3) is 0 Å². The van der Waals surface area contributed by atoms with Crippen molar-refractivity contribution in [3.63, 3.8) is 0 Å². The fourth-order valence-corrected chi connectivity index (χ4v) is 19.8. The fraction of sp³-hybridized carbons (Fsp3) is 0.633. The summed E-state index contributed by atoms with van der Waals surface area (Å²) in [6.45, 7) is 31.8. The Hall–Kier alpha value is -6.84. The third-order valence-electron chi connectivity index (χ3n) is 22.4. The van der Waals surface area contributed by atoms with Crippen LogP contribution in [0.1, 0.15) is 146 Å². The van der Waals surface area contributed by atoms with Gasteiger partial charge in [0.15, 0.2) is 35.9 Å². The van der Waals surface area contributed by atoms with Crippen LogP contribution in [-0.2, 0) is 70.5 Å². The zero-order valence-corrected chi connectivity index (χ0v) is 86.6. The number of aliphatic hydroxyl groups excluding tert-OH is 9. The monoisotopic (exact) mass is 2010 g/mol. The van der Waals surface area contributed by atoms with Crippen LogP contribution in [0.2, 0.25) is 0 Å². The Morgan fingerprint density at radius 1 is 0.356 bits per heavy atom. The SMILES string of the molecule is C=P(C)(C)CCC1OC(n2cc(CC(C)=O)c(=O)[nH]c2=O)[C@H](O)[C@@H]1O.C=P(C)(C)CCC1OC(n2cc(CC(C)=O)c(=O)[nH]c2=O)[C@H](O)[C@@H]1O.C=P(C)(C)CCC1OC(n2cc(CNCC=C(C)C)c(=O)[nH]c2=O)[C@H](O)[C@@H]1O.C=P(C)(C)CCC1OC(n2cc(CNCC=C(C)C)c(=O)[nH]c2=O)[C@H](OC)[C@@H]1O.C=P(C)(C)CCC1OC(n2cc(CNCC=C(C)C)c(=O)[nH]c2=S)[C@H](O)[C@@H]1O. The van der Waals surface area contributed by atoms with Crippen LogP contribution >= 0.6 is 46.6 Å². The molecule has 5 saturated heterocycles. The molecule has 10 rings (SSSR count). The number of nitrogens with zero attached hydrogens (tertiary/aromatic N) is 5. The van der Waals surface area contributed by atoms with E-state index < -0.39 is 202 Å². The molecule has 135 heavy (non-hydrogen) atoms. The molecule has 0 amide bonds. The minimum Gasteiger partial charge on any atom is -0.388 e. The van der Waals surface area contributed by atoms with Gasteiger partial charge < -0.3 is 90.3 Å². The van der Waals surface area contributed by atoms with Crippen molar-refractivity contribution in [2.24, 2.45) is 0 Å². The van der Waals surface area contributed by atoms with E-state index in [2.05, 4.69) is 139 Å². The largest absolute Gasteiger partial charge is 0.388 e. The van der Waals surface area contributed by atoms with Gasteiger partial charge in [0.05, 0.1) is 30.5 Å². The Bertz CT molecular complexity index is 5590. The number of hydrogen-bond acceptors (Lipinski definition) is 30. The molecule has 0 radical (unpaired) electrons. The van der Waals surface area contributed by atoms with E-state index in [9.17, 15) is 98.7 Å². The van der Waals surface area contributed by atoms with Crippen LogP contribution in [0.5, 0.6) is 0 Å². The van der Waals surface area contributed by atoms with E-state index in [1.807, 2.05) is 59.8 Å². The van der Waals surface area contributed by atoms with Gasteiger partial charge in [-0.2, -0.15) is 0 Å². The highest BCUT2D eigenvalue weighted by atomic mass is 32.1. The lowest BCUT2D eigenvalue weighted by Crippen LogP contribution is -2.40. The number of methoxy groups -OCH3 is 1. The molecule has 5 aliphatic heterocycles. The smallest absolute Gasteiger partial charge is 0.330 e. The first-order valence-corrected chi connectivity index (χ1v) is 60.2. The van der Waals surface area contributed by atoms with Crippen molar-refractivity contribution in [1.82, 2.24) is 63.7 Å². The van der Waals surface area contributed by atoms with Crippen LogP contribution in [0.15, 0.2) is 109 Å². The van der Waals surface area contributed by atoms with E-state index in [1.54, 1.807) is 6.20 Å². The Balaban J connectivity index is 0.000000260. The normalized spacial score (nSPS) is 25.6. The molecule has 0 saturated carbocycles. The van der Waals surface area contributed by atoms with Crippen LogP contribution < -0.4 is 66.5 Å². The van der Waals surface area contributed by atoms with Crippen molar-refractivity contribution in [2.75, 3.05) is 124 Å². The van der Waals surface area contributed by atoms with Crippen LogP contribution in [0, 0.1) is 4.77 Å². The van der Waals surface area contributed by atoms with Crippen molar-refractivity contribution in [3.05, 3.63) is 192 Å². The molecule has 5 aliphatic rings. The van der Waals surface area contributed by atoms with Gasteiger partial charge in [0.1, 0.15) is 72.6 Å². The van der Waals surface area contributed by atoms with Crippen LogP contribution in [-0.4, -0.2) is 353 Å². The summed E-state index contributed by atoms with van der Waals surface area (Å²) in [4.78, 5) is 143. The quantitative estimate of drug-likeness (QED) is 0.0116. The molecular formula is C90H148N13O26P5S. The molecule has 0 aliphatic carbocycles. The summed E-state index contributed by atoms with van der Waals surface area (Å²) in [5.41, 5.74) is -0.345. The van der Waals surface area contributed by atoms with E-state index in [-0.39, 0.29) is 52.4 Å².